The van der Waals surface area contributed by atoms with Crippen LogP contribution < -0.4 is 0 Å². The van der Waals surface area contributed by atoms with Crippen LogP contribution in [0.4, 0.5) is 13.6 Å². The third kappa shape index (κ3) is 5.61. The average molecular weight is 292 g/mol. The second-order valence-corrected chi connectivity index (χ2v) is 6.53. The van der Waals surface area contributed by atoms with Crippen molar-refractivity contribution in [1.29, 1.82) is 0 Å². The van der Waals surface area contributed by atoms with Gasteiger partial charge in [0.2, 0.25) is 0 Å². The van der Waals surface area contributed by atoms with Crippen molar-refractivity contribution in [3.05, 3.63) is 0 Å². The molecule has 0 unspecified atom stereocenters. The molecule has 0 saturated carbocycles. The fourth-order valence-corrected chi connectivity index (χ4v) is 2.39. The minimum absolute atomic E-state index is 0.0181. The molecule has 4 nitrogen and oxygen atoms in total. The molecule has 1 N–H and O–H groups in total. The molecule has 2 rings (SSSR count). The van der Waals surface area contributed by atoms with Crippen molar-refractivity contribution in [2.45, 2.75) is 57.9 Å². The van der Waals surface area contributed by atoms with Crippen LogP contribution >= 0.6 is 0 Å². The Balaban J connectivity index is 0.000000204. The van der Waals surface area contributed by atoms with Crippen LogP contribution in [-0.2, 0) is 0 Å². The molecule has 0 aliphatic carbocycles. The first-order valence-electron chi connectivity index (χ1n) is 7.22. The smallest absolute Gasteiger partial charge is 0.407 e. The van der Waals surface area contributed by atoms with Gasteiger partial charge in [0.05, 0.1) is 6.54 Å². The van der Waals surface area contributed by atoms with Crippen LogP contribution in [0.25, 0.3) is 0 Å². The molecule has 118 valence electrons. The van der Waals surface area contributed by atoms with Crippen LogP contribution in [0.3, 0.4) is 0 Å². The lowest BCUT2D eigenvalue weighted by molar-refractivity contribution is 0.00171. The number of amides is 1. The highest BCUT2D eigenvalue weighted by Gasteiger charge is 2.41. The number of carboxylic acid groups (broad SMARTS) is 1. The number of piperidine rings is 1. The molecule has 0 spiro atoms. The molecule has 0 aromatic carbocycles. The summed E-state index contributed by atoms with van der Waals surface area (Å²) in [7, 11) is 0. The second-order valence-electron chi connectivity index (χ2n) is 6.53. The van der Waals surface area contributed by atoms with E-state index in [9.17, 15) is 13.6 Å². The Bertz CT molecular complexity index is 324. The van der Waals surface area contributed by atoms with E-state index in [4.69, 9.17) is 5.11 Å². The second kappa shape index (κ2) is 6.70. The molecule has 0 bridgehead atoms. The summed E-state index contributed by atoms with van der Waals surface area (Å²) in [5, 5.41) is 8.46. The van der Waals surface area contributed by atoms with Crippen LogP contribution in [0, 0.1) is 0 Å². The highest BCUT2D eigenvalue weighted by Crippen LogP contribution is 2.31. The molecule has 2 saturated heterocycles. The first-order chi connectivity index (χ1) is 9.12. The van der Waals surface area contributed by atoms with E-state index in [0.717, 1.165) is 25.9 Å². The zero-order chi connectivity index (χ0) is 15.4. The molecule has 1 amide bonds. The normalized spacial score (nSPS) is 23.1. The Hall–Kier alpha value is -0.910. The van der Waals surface area contributed by atoms with Gasteiger partial charge in [0.15, 0.2) is 0 Å². The van der Waals surface area contributed by atoms with E-state index in [1.54, 1.807) is 0 Å². The van der Waals surface area contributed by atoms with Crippen LogP contribution in [0.2, 0.25) is 0 Å². The lowest BCUT2D eigenvalue weighted by Crippen LogP contribution is -2.40. The molecule has 2 aliphatic heterocycles. The maximum Gasteiger partial charge on any atom is 0.407 e. The standard InChI is InChI=1S/C8H15F2N.C6H11NO2/c1-7(2,3)11-5-4-8(9,10)6-11;8-6(9)7-4-2-1-3-5-7/h4-6H2,1-3H3;1-5H2,(H,8,9). The predicted octanol–water partition coefficient (Wildman–Crippen LogP) is 3.28. The van der Waals surface area contributed by atoms with Crippen molar-refractivity contribution in [3.63, 3.8) is 0 Å². The highest BCUT2D eigenvalue weighted by atomic mass is 19.3. The Morgan fingerprint density at radius 2 is 1.65 bits per heavy atom. The minimum Gasteiger partial charge on any atom is -0.465 e. The van der Waals surface area contributed by atoms with Gasteiger partial charge < -0.3 is 10.0 Å². The number of hydrogen-bond donors (Lipinski definition) is 1. The summed E-state index contributed by atoms with van der Waals surface area (Å²) in [6.07, 6.45) is 2.50. The van der Waals surface area contributed by atoms with E-state index in [1.807, 2.05) is 25.7 Å². The first kappa shape index (κ1) is 17.1. The Kier molecular flexibility index (Phi) is 5.74. The average Bonchev–Trinajstić information content (AvgIpc) is 2.71. The van der Waals surface area contributed by atoms with Crippen molar-refractivity contribution < 1.29 is 18.7 Å². The van der Waals surface area contributed by atoms with Gasteiger partial charge in [-0.2, -0.15) is 0 Å². The fraction of sp³-hybridized carbons (Fsp3) is 0.929. The summed E-state index contributed by atoms with van der Waals surface area (Å²) in [5.41, 5.74) is -0.111. The molecule has 2 aliphatic rings. The summed E-state index contributed by atoms with van der Waals surface area (Å²) in [6, 6.07) is 0. The molecular weight excluding hydrogens is 266 g/mol. The number of halogens is 2. The number of likely N-dealkylation sites (tertiary alicyclic amines) is 2. The Morgan fingerprint density at radius 1 is 1.10 bits per heavy atom. The maximum atomic E-state index is 12.7. The van der Waals surface area contributed by atoms with Gasteiger partial charge in [0.1, 0.15) is 0 Å². The van der Waals surface area contributed by atoms with Crippen molar-refractivity contribution >= 4 is 6.09 Å². The van der Waals surface area contributed by atoms with E-state index >= 15 is 0 Å². The predicted molar refractivity (Wildman–Crippen MR) is 74.3 cm³/mol. The molecule has 6 heteroatoms. The van der Waals surface area contributed by atoms with Gasteiger partial charge >= 0.3 is 6.09 Å². The monoisotopic (exact) mass is 292 g/mol. The number of nitrogens with zero attached hydrogens (tertiary/aromatic N) is 2. The lowest BCUT2D eigenvalue weighted by Gasteiger charge is -2.31. The number of carbonyl (C=O) groups is 1. The topological polar surface area (TPSA) is 43.8 Å². The summed E-state index contributed by atoms with van der Waals surface area (Å²) in [6.45, 7) is 7.81. The van der Waals surface area contributed by atoms with E-state index in [1.165, 1.54) is 11.3 Å². The quantitative estimate of drug-likeness (QED) is 0.745. The molecule has 0 atom stereocenters. The summed E-state index contributed by atoms with van der Waals surface area (Å²) >= 11 is 0. The van der Waals surface area contributed by atoms with Gasteiger partial charge in [0, 0.05) is 31.6 Å². The van der Waals surface area contributed by atoms with Crippen molar-refractivity contribution in [2.75, 3.05) is 26.2 Å². The molecular formula is C14H26F2N2O2. The Morgan fingerprint density at radius 3 is 1.90 bits per heavy atom. The first-order valence-corrected chi connectivity index (χ1v) is 7.22. The van der Waals surface area contributed by atoms with Gasteiger partial charge in [0.25, 0.3) is 5.92 Å². The summed E-state index contributed by atoms with van der Waals surface area (Å²) in [4.78, 5) is 13.6. The van der Waals surface area contributed by atoms with Crippen LogP contribution in [0.5, 0.6) is 0 Å². The molecule has 2 heterocycles. The Labute approximate surface area is 119 Å². The minimum atomic E-state index is -2.45. The maximum absolute atomic E-state index is 12.7. The van der Waals surface area contributed by atoms with Crippen molar-refractivity contribution in [2.24, 2.45) is 0 Å². The van der Waals surface area contributed by atoms with Crippen LogP contribution in [0.1, 0.15) is 46.5 Å². The summed E-state index contributed by atoms with van der Waals surface area (Å²) < 4.78 is 25.4. The SMILES string of the molecule is CC(C)(C)N1CCC(F)(F)C1.O=C(O)N1CCCCC1. The molecule has 0 aromatic heterocycles. The number of hydrogen-bond acceptors (Lipinski definition) is 2. The lowest BCUT2D eigenvalue weighted by atomic mass is 10.1. The van der Waals surface area contributed by atoms with Gasteiger partial charge in [-0.1, -0.05) is 0 Å². The van der Waals surface area contributed by atoms with Crippen molar-refractivity contribution in [1.82, 2.24) is 9.80 Å². The van der Waals surface area contributed by atoms with Gasteiger partial charge in [-0.05, 0) is 40.0 Å². The third-order valence-electron chi connectivity index (χ3n) is 3.74. The van der Waals surface area contributed by atoms with E-state index in [2.05, 4.69) is 0 Å². The largest absolute Gasteiger partial charge is 0.465 e. The zero-order valence-electron chi connectivity index (χ0n) is 12.7. The van der Waals surface area contributed by atoms with Crippen LogP contribution in [-0.4, -0.2) is 58.6 Å². The zero-order valence-corrected chi connectivity index (χ0v) is 12.7. The van der Waals surface area contributed by atoms with Gasteiger partial charge in [-0.3, -0.25) is 4.90 Å². The van der Waals surface area contributed by atoms with Crippen molar-refractivity contribution in [3.8, 4) is 0 Å². The molecule has 0 radical (unpaired) electrons. The van der Waals surface area contributed by atoms with Crippen LogP contribution in [0.15, 0.2) is 0 Å². The molecule has 2 fully saturated rings. The fourth-order valence-electron chi connectivity index (χ4n) is 2.39. The third-order valence-corrected chi connectivity index (χ3v) is 3.74. The van der Waals surface area contributed by atoms with E-state index in [0.29, 0.717) is 6.54 Å². The van der Waals surface area contributed by atoms with Gasteiger partial charge in [-0.15, -0.1) is 0 Å². The number of rotatable bonds is 0. The molecule has 20 heavy (non-hydrogen) atoms. The van der Waals surface area contributed by atoms with Gasteiger partial charge in [-0.25, -0.2) is 13.6 Å². The highest BCUT2D eigenvalue weighted by molar-refractivity contribution is 5.64. The number of alkyl halides is 2. The van der Waals surface area contributed by atoms with E-state index < -0.39 is 12.0 Å². The molecule has 0 aromatic rings. The summed E-state index contributed by atoms with van der Waals surface area (Å²) in [5.74, 6) is -2.45. The van der Waals surface area contributed by atoms with E-state index in [-0.39, 0.29) is 18.5 Å².